The van der Waals surface area contributed by atoms with Crippen LogP contribution in [0.2, 0.25) is 0 Å². The Balaban J connectivity index is 1.95. The molecule has 0 unspecified atom stereocenters. The Kier molecular flexibility index (Phi) is 4.54. The van der Waals surface area contributed by atoms with E-state index in [9.17, 15) is 5.21 Å². The van der Waals surface area contributed by atoms with Crippen LogP contribution in [0.25, 0.3) is 0 Å². The second kappa shape index (κ2) is 6.75. The molecule has 3 atom stereocenters. The molecule has 3 heteroatoms. The van der Waals surface area contributed by atoms with Crippen molar-refractivity contribution in [2.24, 2.45) is 11.1 Å². The molecular weight excluding hydrogens is 272 g/mol. The van der Waals surface area contributed by atoms with Gasteiger partial charge in [0.1, 0.15) is 0 Å². The monoisotopic (exact) mass is 294 g/mol. The highest BCUT2D eigenvalue weighted by Gasteiger charge is 2.35. The quantitative estimate of drug-likeness (QED) is 0.654. The van der Waals surface area contributed by atoms with Gasteiger partial charge in [0.05, 0.1) is 5.71 Å². The Morgan fingerprint density at radius 1 is 1.00 bits per heavy atom. The van der Waals surface area contributed by atoms with Crippen LogP contribution >= 0.6 is 0 Å². The zero-order valence-electron chi connectivity index (χ0n) is 12.8. The Labute approximate surface area is 131 Å². The van der Waals surface area contributed by atoms with Crippen molar-refractivity contribution in [3.8, 4) is 0 Å². The maximum Gasteiger partial charge on any atom is 0.0639 e. The highest BCUT2D eigenvalue weighted by Crippen LogP contribution is 2.36. The molecule has 2 aromatic carbocycles. The van der Waals surface area contributed by atoms with Crippen LogP contribution in [0.5, 0.6) is 0 Å². The summed E-state index contributed by atoms with van der Waals surface area (Å²) >= 11 is 0. The second-order valence-corrected chi connectivity index (χ2v) is 5.83. The van der Waals surface area contributed by atoms with Crippen molar-refractivity contribution >= 4 is 5.71 Å². The van der Waals surface area contributed by atoms with Gasteiger partial charge in [0.25, 0.3) is 0 Å². The Hall–Kier alpha value is -2.13. The first-order chi connectivity index (χ1) is 10.8. The van der Waals surface area contributed by atoms with Crippen molar-refractivity contribution in [2.45, 2.75) is 31.8 Å². The number of nitrogens with one attached hydrogen (secondary N) is 1. The molecule has 1 aliphatic heterocycles. The van der Waals surface area contributed by atoms with E-state index >= 15 is 0 Å². The molecule has 2 aromatic rings. The molecule has 1 heterocycles. The third-order valence-corrected chi connectivity index (χ3v) is 4.55. The molecule has 1 fully saturated rings. The van der Waals surface area contributed by atoms with Crippen LogP contribution in [0.4, 0.5) is 0 Å². The van der Waals surface area contributed by atoms with Crippen LogP contribution in [0, 0.1) is 5.92 Å². The summed E-state index contributed by atoms with van der Waals surface area (Å²) in [5, 5.41) is 16.9. The van der Waals surface area contributed by atoms with E-state index in [1.807, 2.05) is 12.1 Å². The van der Waals surface area contributed by atoms with E-state index in [0.29, 0.717) is 0 Å². The Bertz CT molecular complexity index is 624. The van der Waals surface area contributed by atoms with Crippen molar-refractivity contribution in [1.82, 2.24) is 5.32 Å². The molecule has 0 amide bonds. The van der Waals surface area contributed by atoms with Crippen LogP contribution in [0.15, 0.2) is 65.8 Å². The lowest BCUT2D eigenvalue weighted by Crippen LogP contribution is -2.42. The smallest absolute Gasteiger partial charge is 0.0639 e. The molecule has 0 bridgehead atoms. The number of hydrogen-bond acceptors (Lipinski definition) is 3. The normalized spacial score (nSPS) is 27.0. The van der Waals surface area contributed by atoms with E-state index < -0.39 is 0 Å². The van der Waals surface area contributed by atoms with Crippen LogP contribution in [-0.2, 0) is 0 Å². The SMILES string of the molecule is CC[C@@H]1/C(=N\O)C[C@@H](c2ccccc2)N[C@@H]1c1ccccc1. The molecular formula is C19H22N2O. The van der Waals surface area contributed by atoms with Gasteiger partial charge in [-0.3, -0.25) is 0 Å². The summed E-state index contributed by atoms with van der Waals surface area (Å²) in [4.78, 5) is 0. The Morgan fingerprint density at radius 3 is 2.14 bits per heavy atom. The zero-order chi connectivity index (χ0) is 15.4. The van der Waals surface area contributed by atoms with Crippen LogP contribution in [0.3, 0.4) is 0 Å². The number of hydrogen-bond donors (Lipinski definition) is 2. The van der Waals surface area contributed by atoms with Gasteiger partial charge in [0.2, 0.25) is 0 Å². The van der Waals surface area contributed by atoms with E-state index in [-0.39, 0.29) is 18.0 Å². The van der Waals surface area contributed by atoms with Gasteiger partial charge in [-0.2, -0.15) is 0 Å². The number of rotatable bonds is 3. The lowest BCUT2D eigenvalue weighted by atomic mass is 9.79. The third-order valence-electron chi connectivity index (χ3n) is 4.55. The standard InChI is InChI=1S/C19H22N2O/c1-2-16-18(21-22)13-17(14-9-5-3-6-10-14)20-19(16)15-11-7-4-8-12-15/h3-12,16-17,19-20,22H,2,13H2,1H3/b21-18-/t16-,17+,19-/m1/s1. The number of oxime groups is 1. The third kappa shape index (κ3) is 2.90. The first kappa shape index (κ1) is 14.8. The van der Waals surface area contributed by atoms with Gasteiger partial charge < -0.3 is 10.5 Å². The van der Waals surface area contributed by atoms with Crippen LogP contribution < -0.4 is 5.32 Å². The fourth-order valence-corrected chi connectivity index (χ4v) is 3.42. The topological polar surface area (TPSA) is 44.6 Å². The molecule has 1 aliphatic rings. The summed E-state index contributed by atoms with van der Waals surface area (Å²) in [6.07, 6.45) is 1.70. The summed E-state index contributed by atoms with van der Waals surface area (Å²) in [5.41, 5.74) is 3.37. The van der Waals surface area contributed by atoms with E-state index in [4.69, 9.17) is 0 Å². The van der Waals surface area contributed by atoms with Gasteiger partial charge in [-0.1, -0.05) is 72.7 Å². The van der Waals surface area contributed by atoms with Gasteiger partial charge in [-0.25, -0.2) is 0 Å². The largest absolute Gasteiger partial charge is 0.411 e. The lowest BCUT2D eigenvalue weighted by Gasteiger charge is -2.38. The molecule has 1 saturated heterocycles. The minimum Gasteiger partial charge on any atom is -0.411 e. The van der Waals surface area contributed by atoms with Crippen molar-refractivity contribution in [3.05, 3.63) is 71.8 Å². The predicted octanol–water partition coefficient (Wildman–Crippen LogP) is 4.32. The summed E-state index contributed by atoms with van der Waals surface area (Å²) in [5.74, 6) is 0.229. The maximum atomic E-state index is 9.48. The fourth-order valence-electron chi connectivity index (χ4n) is 3.42. The van der Waals surface area contributed by atoms with E-state index in [1.165, 1.54) is 11.1 Å². The molecule has 0 spiro atoms. The summed E-state index contributed by atoms with van der Waals surface area (Å²) in [6, 6.07) is 21.2. The Morgan fingerprint density at radius 2 is 1.59 bits per heavy atom. The lowest BCUT2D eigenvalue weighted by molar-refractivity contribution is 0.287. The van der Waals surface area contributed by atoms with Gasteiger partial charge in [-0.05, 0) is 17.5 Å². The maximum absolute atomic E-state index is 9.48. The van der Waals surface area contributed by atoms with Crippen molar-refractivity contribution in [3.63, 3.8) is 0 Å². The molecule has 0 radical (unpaired) electrons. The zero-order valence-corrected chi connectivity index (χ0v) is 12.8. The molecule has 0 aromatic heterocycles. The first-order valence-corrected chi connectivity index (χ1v) is 7.90. The first-order valence-electron chi connectivity index (χ1n) is 7.90. The van der Waals surface area contributed by atoms with Crippen molar-refractivity contribution in [2.75, 3.05) is 0 Å². The number of benzene rings is 2. The molecule has 22 heavy (non-hydrogen) atoms. The number of nitrogens with zero attached hydrogens (tertiary/aromatic N) is 1. The van der Waals surface area contributed by atoms with E-state index in [1.54, 1.807) is 0 Å². The summed E-state index contributed by atoms with van der Waals surface area (Å²) in [6.45, 7) is 2.15. The highest BCUT2D eigenvalue weighted by molar-refractivity contribution is 5.88. The molecule has 2 N–H and O–H groups in total. The van der Waals surface area contributed by atoms with Crippen molar-refractivity contribution < 1.29 is 5.21 Å². The van der Waals surface area contributed by atoms with Crippen LogP contribution in [-0.4, -0.2) is 10.9 Å². The van der Waals surface area contributed by atoms with Gasteiger partial charge >= 0.3 is 0 Å². The molecule has 3 rings (SSSR count). The van der Waals surface area contributed by atoms with Crippen molar-refractivity contribution in [1.29, 1.82) is 0 Å². The highest BCUT2D eigenvalue weighted by atomic mass is 16.4. The minimum absolute atomic E-state index is 0.177. The van der Waals surface area contributed by atoms with Gasteiger partial charge in [0.15, 0.2) is 0 Å². The molecule has 3 nitrogen and oxygen atoms in total. The average molecular weight is 294 g/mol. The fraction of sp³-hybridized carbons (Fsp3) is 0.316. The minimum atomic E-state index is 0.177. The van der Waals surface area contributed by atoms with E-state index in [0.717, 1.165) is 18.6 Å². The van der Waals surface area contributed by atoms with E-state index in [2.05, 4.69) is 65.9 Å². The van der Waals surface area contributed by atoms with Gasteiger partial charge in [0, 0.05) is 24.4 Å². The van der Waals surface area contributed by atoms with Crippen LogP contribution in [0.1, 0.15) is 43.0 Å². The predicted molar refractivity (Wildman–Crippen MR) is 89.1 cm³/mol. The second-order valence-electron chi connectivity index (χ2n) is 5.83. The molecule has 0 saturated carbocycles. The molecule has 114 valence electrons. The summed E-state index contributed by atoms with van der Waals surface area (Å²) < 4.78 is 0. The van der Waals surface area contributed by atoms with Gasteiger partial charge in [-0.15, -0.1) is 0 Å². The summed E-state index contributed by atoms with van der Waals surface area (Å²) in [7, 11) is 0. The number of piperidine rings is 1. The molecule has 0 aliphatic carbocycles. The average Bonchev–Trinajstić information content (AvgIpc) is 2.62.